The molecule has 0 aliphatic carbocycles. The van der Waals surface area contributed by atoms with Crippen LogP contribution in [0.1, 0.15) is 99.0 Å². The number of thiol groups is 1. The fourth-order valence-electron chi connectivity index (χ4n) is 9.10. The highest BCUT2D eigenvalue weighted by molar-refractivity contribution is 7.80. The predicted octanol–water partition coefficient (Wildman–Crippen LogP) is -1.05. The second-order valence-corrected chi connectivity index (χ2v) is 20.2. The molecule has 2 aromatic rings. The largest absolute Gasteiger partial charge is 0.480 e. The fraction of sp³-hybridized carbons (Fsp3) is 0.633. The van der Waals surface area contributed by atoms with E-state index in [0.29, 0.717) is 19.3 Å². The van der Waals surface area contributed by atoms with Gasteiger partial charge in [0.2, 0.25) is 53.2 Å². The van der Waals surface area contributed by atoms with E-state index < -0.39 is 138 Å². The molecule has 2 saturated heterocycles. The van der Waals surface area contributed by atoms with E-state index in [-0.39, 0.29) is 50.4 Å². The number of amides is 9. The number of benzene rings is 1. The molecule has 0 radical (unpaired) electrons. The Bertz CT molecular complexity index is 2330. The van der Waals surface area contributed by atoms with Gasteiger partial charge in [0.1, 0.15) is 48.3 Å². The van der Waals surface area contributed by atoms with Gasteiger partial charge in [-0.15, -0.1) is 0 Å². The minimum atomic E-state index is -1.61. The highest BCUT2D eigenvalue weighted by Gasteiger charge is 2.43. The number of para-hydroxylation sites is 1. The molecule has 13 N–H and O–H groups in total. The first-order chi connectivity index (χ1) is 34.4. The van der Waals surface area contributed by atoms with Gasteiger partial charge in [-0.2, -0.15) is 12.6 Å². The monoisotopic (exact) mass is 1040 g/mol. The number of carbonyl (C=O) groups is 10. The Morgan fingerprint density at radius 3 is 1.78 bits per heavy atom. The lowest BCUT2D eigenvalue weighted by atomic mass is 9.96. The van der Waals surface area contributed by atoms with Gasteiger partial charge in [-0.05, 0) is 74.8 Å². The van der Waals surface area contributed by atoms with Crippen molar-refractivity contribution in [3.05, 3.63) is 36.0 Å². The SMILES string of the molecule is CC[C@H](C)[C@H](NC(=O)[C@@H]1CCCN1C(=O)[C@H](CC(N)=O)NC(=O)[C@@H](N)Cc1c[nH]c2ccccc12)C(=O)N[C@@H](CC(C)C)C(=O)N1CCC[C@H]1C(=O)N[C@H](C(=O)N[C@@H](CS)C(=O)N[C@H](C(=O)O)C(C)C)[C@@H](C)O. The smallest absolute Gasteiger partial charge is 0.326 e. The Balaban J connectivity index is 1.46. The van der Waals surface area contributed by atoms with Crippen LogP contribution in [0.2, 0.25) is 0 Å². The van der Waals surface area contributed by atoms with Crippen molar-refractivity contribution in [2.75, 3.05) is 18.8 Å². The van der Waals surface area contributed by atoms with Crippen LogP contribution in [0, 0.1) is 17.8 Å². The average molecular weight is 1040 g/mol. The third-order valence-corrected chi connectivity index (χ3v) is 13.7. The van der Waals surface area contributed by atoms with Gasteiger partial charge in [0.15, 0.2) is 0 Å². The lowest BCUT2D eigenvalue weighted by Gasteiger charge is -2.33. The zero-order chi connectivity index (χ0) is 54.4. The van der Waals surface area contributed by atoms with E-state index in [2.05, 4.69) is 49.5 Å². The van der Waals surface area contributed by atoms with Crippen molar-refractivity contribution in [1.29, 1.82) is 0 Å². The highest BCUT2D eigenvalue weighted by atomic mass is 32.1. The van der Waals surface area contributed by atoms with E-state index in [0.717, 1.165) is 16.5 Å². The molecular formula is C49H75N11O12S. The Labute approximate surface area is 430 Å². The quantitative estimate of drug-likeness (QED) is 0.0501. The predicted molar refractivity (Wildman–Crippen MR) is 272 cm³/mol. The van der Waals surface area contributed by atoms with Gasteiger partial charge in [0, 0.05) is 35.9 Å². The minimum absolute atomic E-state index is 0.0998. The van der Waals surface area contributed by atoms with Crippen LogP contribution < -0.4 is 43.4 Å². The first-order valence-corrected chi connectivity index (χ1v) is 25.6. The molecule has 2 aliphatic rings. The van der Waals surface area contributed by atoms with Gasteiger partial charge >= 0.3 is 5.97 Å². The Hall–Kier alpha value is -6.27. The van der Waals surface area contributed by atoms with Crippen molar-refractivity contribution in [3.63, 3.8) is 0 Å². The van der Waals surface area contributed by atoms with E-state index in [9.17, 15) is 58.2 Å². The summed E-state index contributed by atoms with van der Waals surface area (Å²) in [5.74, 6) is -9.55. The first-order valence-electron chi connectivity index (χ1n) is 24.9. The number of nitrogens with two attached hydrogens (primary N) is 2. The van der Waals surface area contributed by atoms with Crippen LogP contribution in [0.3, 0.4) is 0 Å². The molecule has 1 aromatic heterocycles. The van der Waals surface area contributed by atoms with Crippen LogP contribution in [0.5, 0.6) is 0 Å². The molecule has 0 bridgehead atoms. The average Bonchev–Trinajstić information content (AvgIpc) is 4.12. The first kappa shape index (κ1) is 59.3. The van der Waals surface area contributed by atoms with Crippen molar-refractivity contribution < 1.29 is 58.2 Å². The second-order valence-electron chi connectivity index (χ2n) is 19.9. The van der Waals surface area contributed by atoms with Gasteiger partial charge in [-0.1, -0.05) is 66.2 Å². The summed E-state index contributed by atoms with van der Waals surface area (Å²) in [7, 11) is 0. The number of aliphatic carboxylic acids is 1. The maximum absolute atomic E-state index is 14.4. The van der Waals surface area contributed by atoms with Crippen molar-refractivity contribution >= 4 is 82.7 Å². The Morgan fingerprint density at radius 1 is 0.726 bits per heavy atom. The number of likely N-dealkylation sites (tertiary alicyclic amines) is 2. The van der Waals surface area contributed by atoms with E-state index in [1.807, 2.05) is 45.0 Å². The van der Waals surface area contributed by atoms with Crippen LogP contribution in [-0.2, 0) is 54.4 Å². The number of carboxylic acid groups (broad SMARTS) is 1. The maximum Gasteiger partial charge on any atom is 0.326 e. The number of aromatic amines is 1. The van der Waals surface area contributed by atoms with Crippen molar-refractivity contribution in [3.8, 4) is 0 Å². The van der Waals surface area contributed by atoms with Crippen LogP contribution in [0.25, 0.3) is 10.9 Å². The minimum Gasteiger partial charge on any atom is -0.480 e. The zero-order valence-corrected chi connectivity index (χ0v) is 43.5. The van der Waals surface area contributed by atoms with Crippen LogP contribution in [-0.4, -0.2) is 163 Å². The number of primary amides is 1. The van der Waals surface area contributed by atoms with E-state index >= 15 is 0 Å². The lowest BCUT2D eigenvalue weighted by Crippen LogP contribution is -2.62. The molecule has 0 spiro atoms. The summed E-state index contributed by atoms with van der Waals surface area (Å²) < 4.78 is 0. The molecule has 11 atom stereocenters. The van der Waals surface area contributed by atoms with E-state index in [1.54, 1.807) is 27.0 Å². The fourth-order valence-corrected chi connectivity index (χ4v) is 9.36. The van der Waals surface area contributed by atoms with Gasteiger partial charge in [0.05, 0.1) is 18.6 Å². The number of carboxylic acids is 1. The number of aromatic nitrogens is 1. The van der Waals surface area contributed by atoms with Crippen molar-refractivity contribution in [2.24, 2.45) is 29.2 Å². The summed E-state index contributed by atoms with van der Waals surface area (Å²) in [5.41, 5.74) is 13.4. The highest BCUT2D eigenvalue weighted by Crippen LogP contribution is 2.24. The number of carbonyl (C=O) groups excluding carboxylic acids is 9. The molecule has 0 unspecified atom stereocenters. The van der Waals surface area contributed by atoms with Crippen LogP contribution >= 0.6 is 12.6 Å². The number of hydrogen-bond donors (Lipinski definition) is 12. The summed E-state index contributed by atoms with van der Waals surface area (Å²) in [6.07, 6.45) is 1.48. The molecule has 4 rings (SSSR count). The molecule has 23 nitrogen and oxygen atoms in total. The normalized spacial score (nSPS) is 19.4. The molecule has 2 aliphatic heterocycles. The number of aliphatic hydroxyl groups excluding tert-OH is 1. The standard InChI is InChI=1S/C49H75N11O12S/c1-8-26(6)39(57-43(65)35-15-11-18-60(35)48(70)33(21-37(51)62)53-41(63)30(50)20-28-22-52-31-14-10-9-13-29(28)31)45(67)54-32(19-24(2)3)47(69)59-17-12-16-36(59)44(66)58-40(27(7)61)46(68)55-34(23-73)42(64)56-38(25(4)5)49(71)72/h9-10,13-14,22,24-27,30,32-36,38-40,52,61,73H,8,11-12,15-21,23,50H2,1-7H3,(H2,51,62)(H,53,63)(H,54,67)(H,55,68)(H,56,64)(H,57,65)(H,58,66)(H,71,72)/t26-,27+,30-,32-,33-,34-,35-,36-,38-,39-,40-/m0/s1. The maximum atomic E-state index is 14.4. The number of nitrogens with zero attached hydrogens (tertiary/aromatic N) is 2. The lowest BCUT2D eigenvalue weighted by molar-refractivity contribution is -0.144. The molecule has 1 aromatic carbocycles. The Kier molecular flexibility index (Phi) is 22.0. The molecule has 404 valence electrons. The van der Waals surface area contributed by atoms with E-state index in [1.165, 1.54) is 16.7 Å². The summed E-state index contributed by atoms with van der Waals surface area (Å²) in [5, 5.41) is 36.5. The number of rotatable bonds is 26. The summed E-state index contributed by atoms with van der Waals surface area (Å²) in [4.78, 5) is 140. The van der Waals surface area contributed by atoms with Gasteiger partial charge in [-0.25, -0.2) is 4.79 Å². The van der Waals surface area contributed by atoms with Crippen LogP contribution in [0.4, 0.5) is 0 Å². The summed E-state index contributed by atoms with van der Waals surface area (Å²) in [6, 6.07) is -3.90. The second kappa shape index (κ2) is 27.1. The van der Waals surface area contributed by atoms with Gasteiger partial charge < -0.3 is 68.4 Å². The number of fused-ring (bicyclic) bond motifs is 1. The van der Waals surface area contributed by atoms with Crippen molar-refractivity contribution in [1.82, 2.24) is 46.7 Å². The molecule has 73 heavy (non-hydrogen) atoms. The molecule has 2 fully saturated rings. The number of aliphatic hydroxyl groups is 1. The molecule has 3 heterocycles. The molecule has 0 saturated carbocycles. The summed E-state index contributed by atoms with van der Waals surface area (Å²) >= 11 is 4.13. The van der Waals surface area contributed by atoms with Crippen molar-refractivity contribution in [2.45, 2.75) is 160 Å². The Morgan fingerprint density at radius 2 is 1.26 bits per heavy atom. The van der Waals surface area contributed by atoms with Gasteiger partial charge in [0.25, 0.3) is 0 Å². The topological polar surface area (TPSA) is 358 Å². The third-order valence-electron chi connectivity index (χ3n) is 13.4. The van der Waals surface area contributed by atoms with E-state index in [4.69, 9.17) is 11.5 Å². The number of nitrogens with one attached hydrogen (secondary N) is 7. The zero-order valence-electron chi connectivity index (χ0n) is 42.6. The van der Waals surface area contributed by atoms with Crippen LogP contribution in [0.15, 0.2) is 30.5 Å². The number of hydrogen-bond acceptors (Lipinski definition) is 13. The molecule has 24 heteroatoms. The molecule has 9 amide bonds. The van der Waals surface area contributed by atoms with Gasteiger partial charge in [-0.3, -0.25) is 43.2 Å². The third kappa shape index (κ3) is 15.9. The molecular weight excluding hydrogens is 967 g/mol. The number of H-pyrrole nitrogens is 1. The summed E-state index contributed by atoms with van der Waals surface area (Å²) in [6.45, 7) is 11.8.